The summed E-state index contributed by atoms with van der Waals surface area (Å²) in [7, 11) is -0.910. The molecule has 1 aromatic carbocycles. The first-order chi connectivity index (χ1) is 8.06. The van der Waals surface area contributed by atoms with E-state index in [1.807, 2.05) is 31.2 Å². The van der Waals surface area contributed by atoms with Crippen molar-refractivity contribution in [3.05, 3.63) is 29.8 Å². The number of rotatable bonds is 6. The molecule has 17 heavy (non-hydrogen) atoms. The van der Waals surface area contributed by atoms with E-state index in [0.29, 0.717) is 17.7 Å². The molecule has 2 atom stereocenters. The Morgan fingerprint density at radius 3 is 2.47 bits per heavy atom. The van der Waals surface area contributed by atoms with E-state index in [1.165, 1.54) is 0 Å². The lowest BCUT2D eigenvalue weighted by atomic mass is 10.1. The topological polar surface area (TPSA) is 29.1 Å². The largest absolute Gasteiger partial charge is 0.313 e. The standard InChI is InChI=1S/C14H23NOS/c1-5-15-13(11(2)3)10-17(16)14-9-7-6-8-12(14)4/h6-9,11,13,15H,5,10H2,1-4H3. The van der Waals surface area contributed by atoms with Crippen LogP contribution < -0.4 is 5.32 Å². The van der Waals surface area contributed by atoms with Crippen LogP contribution in [0.25, 0.3) is 0 Å². The zero-order valence-electron chi connectivity index (χ0n) is 11.2. The Kier molecular flexibility index (Phi) is 5.86. The summed E-state index contributed by atoms with van der Waals surface area (Å²) in [5.74, 6) is 1.19. The van der Waals surface area contributed by atoms with Crippen molar-refractivity contribution in [1.82, 2.24) is 5.32 Å². The van der Waals surface area contributed by atoms with Gasteiger partial charge in [-0.15, -0.1) is 0 Å². The predicted molar refractivity (Wildman–Crippen MR) is 74.8 cm³/mol. The molecule has 0 amide bonds. The van der Waals surface area contributed by atoms with Gasteiger partial charge in [0.25, 0.3) is 0 Å². The first-order valence-corrected chi connectivity index (χ1v) is 7.55. The third-order valence-electron chi connectivity index (χ3n) is 2.94. The van der Waals surface area contributed by atoms with Gasteiger partial charge in [0, 0.05) is 16.7 Å². The van der Waals surface area contributed by atoms with E-state index < -0.39 is 10.8 Å². The van der Waals surface area contributed by atoms with Gasteiger partial charge in [0.15, 0.2) is 0 Å². The second kappa shape index (κ2) is 6.92. The van der Waals surface area contributed by atoms with Crippen molar-refractivity contribution >= 4 is 10.8 Å². The maximum atomic E-state index is 12.3. The maximum Gasteiger partial charge on any atom is 0.0548 e. The van der Waals surface area contributed by atoms with Crippen LogP contribution in [-0.2, 0) is 10.8 Å². The summed E-state index contributed by atoms with van der Waals surface area (Å²) in [6.45, 7) is 9.37. The van der Waals surface area contributed by atoms with E-state index >= 15 is 0 Å². The summed E-state index contributed by atoms with van der Waals surface area (Å²) in [4.78, 5) is 0.969. The molecule has 0 aliphatic rings. The van der Waals surface area contributed by atoms with Crippen molar-refractivity contribution in [1.29, 1.82) is 0 Å². The Balaban J connectivity index is 2.74. The fourth-order valence-corrected chi connectivity index (χ4v) is 3.48. The van der Waals surface area contributed by atoms with Crippen molar-refractivity contribution in [2.24, 2.45) is 5.92 Å². The molecule has 96 valence electrons. The highest BCUT2D eigenvalue weighted by Gasteiger charge is 2.17. The summed E-state index contributed by atoms with van der Waals surface area (Å²) in [5, 5.41) is 3.41. The normalized spacial score (nSPS) is 14.9. The molecule has 0 saturated carbocycles. The van der Waals surface area contributed by atoms with Crippen LogP contribution in [0, 0.1) is 12.8 Å². The maximum absolute atomic E-state index is 12.3. The molecule has 0 spiro atoms. The van der Waals surface area contributed by atoms with Crippen molar-refractivity contribution in [3.8, 4) is 0 Å². The first kappa shape index (κ1) is 14.4. The summed E-state index contributed by atoms with van der Waals surface area (Å²) < 4.78 is 12.3. The molecule has 0 aromatic heterocycles. The van der Waals surface area contributed by atoms with Gasteiger partial charge in [-0.2, -0.15) is 0 Å². The Bertz CT molecular complexity index is 376. The highest BCUT2D eigenvalue weighted by molar-refractivity contribution is 7.85. The molecular weight excluding hydrogens is 230 g/mol. The number of nitrogens with one attached hydrogen (secondary N) is 1. The quantitative estimate of drug-likeness (QED) is 0.844. The lowest BCUT2D eigenvalue weighted by Crippen LogP contribution is -2.38. The van der Waals surface area contributed by atoms with Crippen LogP contribution in [0.3, 0.4) is 0 Å². The van der Waals surface area contributed by atoms with Crippen molar-refractivity contribution in [3.63, 3.8) is 0 Å². The second-order valence-electron chi connectivity index (χ2n) is 4.69. The fraction of sp³-hybridized carbons (Fsp3) is 0.571. The third kappa shape index (κ3) is 4.25. The Labute approximate surface area is 107 Å². The van der Waals surface area contributed by atoms with E-state index in [4.69, 9.17) is 0 Å². The minimum absolute atomic E-state index is 0.320. The molecule has 0 fully saturated rings. The summed E-state index contributed by atoms with van der Waals surface area (Å²) in [6.07, 6.45) is 0. The molecule has 0 radical (unpaired) electrons. The SMILES string of the molecule is CCNC(CS(=O)c1ccccc1C)C(C)C. The predicted octanol–water partition coefficient (Wildman–Crippen LogP) is 2.74. The molecule has 1 aromatic rings. The van der Waals surface area contributed by atoms with Crippen LogP contribution in [0.15, 0.2) is 29.2 Å². The van der Waals surface area contributed by atoms with Crippen LogP contribution in [-0.4, -0.2) is 22.5 Å². The minimum Gasteiger partial charge on any atom is -0.313 e. The molecule has 0 heterocycles. The van der Waals surface area contributed by atoms with E-state index in [2.05, 4.69) is 26.1 Å². The first-order valence-electron chi connectivity index (χ1n) is 6.23. The molecule has 2 nitrogen and oxygen atoms in total. The summed E-state index contributed by atoms with van der Waals surface area (Å²) >= 11 is 0. The Hall–Kier alpha value is -0.670. The van der Waals surface area contributed by atoms with Gasteiger partial charge in [0.05, 0.1) is 10.8 Å². The van der Waals surface area contributed by atoms with Crippen molar-refractivity contribution in [2.75, 3.05) is 12.3 Å². The van der Waals surface area contributed by atoms with Crippen LogP contribution in [0.5, 0.6) is 0 Å². The lowest BCUT2D eigenvalue weighted by Gasteiger charge is -2.21. The molecule has 1 N–H and O–H groups in total. The van der Waals surface area contributed by atoms with Gasteiger partial charge in [0.2, 0.25) is 0 Å². The summed E-state index contributed by atoms with van der Waals surface area (Å²) in [6, 6.07) is 8.25. The fourth-order valence-electron chi connectivity index (χ4n) is 1.81. The Morgan fingerprint density at radius 2 is 1.94 bits per heavy atom. The number of hydrogen-bond acceptors (Lipinski definition) is 2. The van der Waals surface area contributed by atoms with Crippen LogP contribution in [0.1, 0.15) is 26.3 Å². The molecule has 0 aliphatic heterocycles. The molecule has 0 bridgehead atoms. The second-order valence-corrected chi connectivity index (χ2v) is 6.15. The molecule has 1 rings (SSSR count). The minimum atomic E-state index is -0.910. The van der Waals surface area contributed by atoms with E-state index in [-0.39, 0.29) is 0 Å². The van der Waals surface area contributed by atoms with Gasteiger partial charge in [-0.25, -0.2) is 0 Å². The van der Waals surface area contributed by atoms with E-state index in [0.717, 1.165) is 17.0 Å². The van der Waals surface area contributed by atoms with Gasteiger partial charge in [-0.3, -0.25) is 4.21 Å². The monoisotopic (exact) mass is 253 g/mol. The molecule has 3 heteroatoms. The van der Waals surface area contributed by atoms with Crippen LogP contribution >= 0.6 is 0 Å². The zero-order valence-corrected chi connectivity index (χ0v) is 12.0. The van der Waals surface area contributed by atoms with Crippen molar-refractivity contribution < 1.29 is 4.21 Å². The molecule has 2 unspecified atom stereocenters. The van der Waals surface area contributed by atoms with E-state index in [9.17, 15) is 4.21 Å². The highest BCUT2D eigenvalue weighted by atomic mass is 32.2. The van der Waals surface area contributed by atoms with Gasteiger partial charge in [-0.05, 0) is 31.0 Å². The molecule has 0 aliphatic carbocycles. The van der Waals surface area contributed by atoms with Gasteiger partial charge >= 0.3 is 0 Å². The molecule has 0 saturated heterocycles. The summed E-state index contributed by atoms with van der Waals surface area (Å²) in [5.41, 5.74) is 1.12. The van der Waals surface area contributed by atoms with E-state index in [1.54, 1.807) is 0 Å². The average molecular weight is 253 g/mol. The van der Waals surface area contributed by atoms with Gasteiger partial charge in [0.1, 0.15) is 0 Å². The number of benzene rings is 1. The zero-order chi connectivity index (χ0) is 12.8. The van der Waals surface area contributed by atoms with Crippen LogP contribution in [0.2, 0.25) is 0 Å². The molecular formula is C14H23NOS. The third-order valence-corrected chi connectivity index (χ3v) is 4.55. The highest BCUT2D eigenvalue weighted by Crippen LogP contribution is 2.15. The number of hydrogen-bond donors (Lipinski definition) is 1. The van der Waals surface area contributed by atoms with Crippen LogP contribution in [0.4, 0.5) is 0 Å². The van der Waals surface area contributed by atoms with Gasteiger partial charge < -0.3 is 5.32 Å². The van der Waals surface area contributed by atoms with Gasteiger partial charge in [-0.1, -0.05) is 39.0 Å². The Morgan fingerprint density at radius 1 is 1.29 bits per heavy atom. The lowest BCUT2D eigenvalue weighted by molar-refractivity contribution is 0.440. The smallest absolute Gasteiger partial charge is 0.0548 e. The average Bonchev–Trinajstić information content (AvgIpc) is 2.28. The van der Waals surface area contributed by atoms with Crippen molar-refractivity contribution in [2.45, 2.75) is 38.6 Å². The number of aryl methyl sites for hydroxylation is 1.